The molecule has 0 aliphatic carbocycles. The van der Waals surface area contributed by atoms with Crippen LogP contribution in [-0.2, 0) is 9.59 Å². The number of para-hydroxylation sites is 1. The number of piperazine rings is 1. The number of carbonyl (C=O) groups excluding carboxylic acids is 3. The van der Waals surface area contributed by atoms with Gasteiger partial charge in [0.15, 0.2) is 0 Å². The first-order valence-corrected chi connectivity index (χ1v) is 9.83. The third-order valence-corrected chi connectivity index (χ3v) is 5.60. The zero-order chi connectivity index (χ0) is 21.3. The molecule has 2 saturated heterocycles. The summed E-state index contributed by atoms with van der Waals surface area (Å²) >= 11 is 0. The van der Waals surface area contributed by atoms with Crippen LogP contribution in [-0.4, -0.2) is 60.2 Å². The monoisotopic (exact) mass is 413 g/mol. The molecule has 8 heteroatoms. The van der Waals surface area contributed by atoms with Gasteiger partial charge in [0, 0.05) is 39.1 Å². The molecule has 0 radical (unpaired) electrons. The maximum atomic E-state index is 14.0. The van der Waals surface area contributed by atoms with Crippen LogP contribution in [0.2, 0.25) is 0 Å². The summed E-state index contributed by atoms with van der Waals surface area (Å²) in [6.45, 7) is 1.33. The Balaban J connectivity index is 1.37. The van der Waals surface area contributed by atoms with Gasteiger partial charge in [0.1, 0.15) is 11.6 Å². The second-order valence-electron chi connectivity index (χ2n) is 7.45. The summed E-state index contributed by atoms with van der Waals surface area (Å²) in [7, 11) is 0. The SMILES string of the molecule is O=C(c1ccccc1F)N1CCN(C(=O)[C@@H]2CC(=O)N(c3ccccc3F)C2)CC1. The van der Waals surface area contributed by atoms with Crippen LogP contribution in [0.5, 0.6) is 0 Å². The van der Waals surface area contributed by atoms with E-state index in [1.165, 1.54) is 40.1 Å². The molecular formula is C22H21F2N3O3. The van der Waals surface area contributed by atoms with Crippen molar-refractivity contribution >= 4 is 23.4 Å². The molecule has 156 valence electrons. The molecular weight excluding hydrogens is 392 g/mol. The molecule has 0 N–H and O–H groups in total. The highest BCUT2D eigenvalue weighted by atomic mass is 19.1. The van der Waals surface area contributed by atoms with E-state index in [-0.39, 0.29) is 49.1 Å². The van der Waals surface area contributed by atoms with Gasteiger partial charge in [-0.05, 0) is 24.3 Å². The van der Waals surface area contributed by atoms with Gasteiger partial charge in [-0.25, -0.2) is 8.78 Å². The fourth-order valence-corrected chi connectivity index (χ4v) is 3.97. The summed E-state index contributed by atoms with van der Waals surface area (Å²) in [5, 5.41) is 0. The van der Waals surface area contributed by atoms with Gasteiger partial charge in [0.05, 0.1) is 17.2 Å². The molecule has 2 aromatic rings. The van der Waals surface area contributed by atoms with E-state index in [9.17, 15) is 23.2 Å². The highest BCUT2D eigenvalue weighted by Gasteiger charge is 2.39. The van der Waals surface area contributed by atoms with Crippen molar-refractivity contribution in [2.75, 3.05) is 37.6 Å². The van der Waals surface area contributed by atoms with Crippen LogP contribution in [0.15, 0.2) is 48.5 Å². The lowest BCUT2D eigenvalue weighted by Gasteiger charge is -2.36. The van der Waals surface area contributed by atoms with Crippen molar-refractivity contribution in [2.24, 2.45) is 5.92 Å². The molecule has 2 fully saturated rings. The van der Waals surface area contributed by atoms with E-state index in [1.807, 2.05) is 0 Å². The largest absolute Gasteiger partial charge is 0.339 e. The average molecular weight is 413 g/mol. The van der Waals surface area contributed by atoms with Crippen LogP contribution in [0, 0.1) is 17.6 Å². The minimum atomic E-state index is -0.571. The molecule has 0 saturated carbocycles. The number of halogens is 2. The van der Waals surface area contributed by atoms with Crippen LogP contribution < -0.4 is 4.90 Å². The number of nitrogens with zero attached hydrogens (tertiary/aromatic N) is 3. The van der Waals surface area contributed by atoms with E-state index < -0.39 is 23.5 Å². The summed E-state index contributed by atoms with van der Waals surface area (Å²) in [6, 6.07) is 11.8. The van der Waals surface area contributed by atoms with E-state index in [1.54, 1.807) is 23.1 Å². The summed E-state index contributed by atoms with van der Waals surface area (Å²) < 4.78 is 27.9. The number of benzene rings is 2. The van der Waals surface area contributed by atoms with Crippen molar-refractivity contribution in [3.05, 3.63) is 65.7 Å². The van der Waals surface area contributed by atoms with Crippen molar-refractivity contribution in [1.82, 2.24) is 9.80 Å². The second-order valence-corrected chi connectivity index (χ2v) is 7.45. The van der Waals surface area contributed by atoms with Crippen LogP contribution in [0.1, 0.15) is 16.8 Å². The van der Waals surface area contributed by atoms with Gasteiger partial charge in [0.2, 0.25) is 11.8 Å². The first-order chi connectivity index (χ1) is 14.5. The first kappa shape index (κ1) is 20.0. The number of rotatable bonds is 3. The molecule has 2 aliphatic heterocycles. The van der Waals surface area contributed by atoms with E-state index in [2.05, 4.69) is 0 Å². The molecule has 0 bridgehead atoms. The van der Waals surface area contributed by atoms with Gasteiger partial charge in [-0.1, -0.05) is 24.3 Å². The van der Waals surface area contributed by atoms with Gasteiger partial charge in [-0.15, -0.1) is 0 Å². The molecule has 0 unspecified atom stereocenters. The molecule has 2 aliphatic rings. The number of anilines is 1. The number of amides is 3. The maximum absolute atomic E-state index is 14.0. The van der Waals surface area contributed by atoms with E-state index in [4.69, 9.17) is 0 Å². The zero-order valence-corrected chi connectivity index (χ0v) is 16.3. The minimum absolute atomic E-state index is 0.0131. The lowest BCUT2D eigenvalue weighted by molar-refractivity contribution is -0.137. The number of carbonyl (C=O) groups is 3. The topological polar surface area (TPSA) is 60.9 Å². The summed E-state index contributed by atoms with van der Waals surface area (Å²) in [6.07, 6.45) is 0.0293. The van der Waals surface area contributed by atoms with Gasteiger partial charge < -0.3 is 14.7 Å². The molecule has 2 aromatic carbocycles. The minimum Gasteiger partial charge on any atom is -0.339 e. The quantitative estimate of drug-likeness (QED) is 0.776. The highest BCUT2D eigenvalue weighted by Crippen LogP contribution is 2.28. The van der Waals surface area contributed by atoms with Gasteiger partial charge in [-0.2, -0.15) is 0 Å². The second kappa shape index (κ2) is 8.22. The molecule has 3 amide bonds. The molecule has 0 aromatic heterocycles. The van der Waals surface area contributed by atoms with Gasteiger partial charge in [-0.3, -0.25) is 14.4 Å². The van der Waals surface area contributed by atoms with Crippen molar-refractivity contribution in [2.45, 2.75) is 6.42 Å². The normalized spacial score (nSPS) is 19.3. The summed E-state index contributed by atoms with van der Waals surface area (Å²) in [4.78, 5) is 42.2. The van der Waals surface area contributed by atoms with Gasteiger partial charge in [0.25, 0.3) is 5.91 Å². The Bertz CT molecular complexity index is 989. The molecule has 0 spiro atoms. The Morgan fingerprint density at radius 3 is 2.10 bits per heavy atom. The van der Waals surface area contributed by atoms with Crippen molar-refractivity contribution < 1.29 is 23.2 Å². The average Bonchev–Trinajstić information content (AvgIpc) is 3.15. The summed E-state index contributed by atoms with van der Waals surface area (Å²) in [5.41, 5.74) is 0.192. The Labute approximate surface area is 172 Å². The van der Waals surface area contributed by atoms with Crippen LogP contribution in [0.4, 0.5) is 14.5 Å². The Morgan fingerprint density at radius 2 is 1.43 bits per heavy atom. The Hall–Kier alpha value is -3.29. The predicted octanol–water partition coefficient (Wildman–Crippen LogP) is 2.30. The van der Waals surface area contributed by atoms with E-state index >= 15 is 0 Å². The fraction of sp³-hybridized carbons (Fsp3) is 0.318. The fourth-order valence-electron chi connectivity index (χ4n) is 3.97. The third kappa shape index (κ3) is 3.77. The molecule has 4 rings (SSSR count). The standard InChI is InChI=1S/C22H21F2N3O3/c23-17-6-2-1-5-16(17)22(30)26-11-9-25(10-12-26)21(29)15-13-20(28)27(14-15)19-8-4-3-7-18(19)24/h1-8,15H,9-14H2/t15-/m1/s1. The molecule has 30 heavy (non-hydrogen) atoms. The lowest BCUT2D eigenvalue weighted by atomic mass is 10.1. The molecule has 1 atom stereocenters. The van der Waals surface area contributed by atoms with Gasteiger partial charge >= 0.3 is 0 Å². The Morgan fingerprint density at radius 1 is 0.833 bits per heavy atom. The Kier molecular flexibility index (Phi) is 5.48. The molecule has 2 heterocycles. The smallest absolute Gasteiger partial charge is 0.256 e. The third-order valence-electron chi connectivity index (χ3n) is 5.60. The van der Waals surface area contributed by atoms with Crippen LogP contribution >= 0.6 is 0 Å². The van der Waals surface area contributed by atoms with Crippen LogP contribution in [0.3, 0.4) is 0 Å². The van der Waals surface area contributed by atoms with Crippen molar-refractivity contribution in [3.8, 4) is 0 Å². The van der Waals surface area contributed by atoms with Crippen molar-refractivity contribution in [1.29, 1.82) is 0 Å². The summed E-state index contributed by atoms with van der Waals surface area (Å²) in [5.74, 6) is -2.49. The predicted molar refractivity (Wildman–Crippen MR) is 106 cm³/mol. The number of hydrogen-bond acceptors (Lipinski definition) is 3. The van der Waals surface area contributed by atoms with Crippen molar-refractivity contribution in [3.63, 3.8) is 0 Å². The maximum Gasteiger partial charge on any atom is 0.256 e. The van der Waals surface area contributed by atoms with Crippen LogP contribution in [0.25, 0.3) is 0 Å². The van der Waals surface area contributed by atoms with E-state index in [0.29, 0.717) is 13.1 Å². The highest BCUT2D eigenvalue weighted by molar-refractivity contribution is 6.00. The number of hydrogen-bond donors (Lipinski definition) is 0. The lowest BCUT2D eigenvalue weighted by Crippen LogP contribution is -2.52. The first-order valence-electron chi connectivity index (χ1n) is 9.83. The van der Waals surface area contributed by atoms with E-state index in [0.717, 1.165) is 0 Å². The zero-order valence-electron chi connectivity index (χ0n) is 16.3. The molecule has 6 nitrogen and oxygen atoms in total.